The van der Waals surface area contributed by atoms with E-state index in [0.29, 0.717) is 24.6 Å². The van der Waals surface area contributed by atoms with Crippen LogP contribution in [0.15, 0.2) is 42.6 Å². The van der Waals surface area contributed by atoms with E-state index in [0.717, 1.165) is 29.8 Å². The van der Waals surface area contributed by atoms with Crippen molar-refractivity contribution >= 4 is 5.91 Å². The molecule has 1 aromatic carbocycles. The number of hydrogen-bond donors (Lipinski definition) is 1. The molecule has 0 aliphatic carbocycles. The van der Waals surface area contributed by atoms with Gasteiger partial charge in [-0.1, -0.05) is 6.07 Å². The summed E-state index contributed by atoms with van der Waals surface area (Å²) in [5.41, 5.74) is 2.19. The summed E-state index contributed by atoms with van der Waals surface area (Å²) in [6.45, 7) is 3.22. The number of piperidine rings is 1. The zero-order valence-corrected chi connectivity index (χ0v) is 15.0. The van der Waals surface area contributed by atoms with Gasteiger partial charge in [-0.25, -0.2) is 9.37 Å². The number of carbonyl (C=O) groups excluding carboxylic acids is 1. The summed E-state index contributed by atoms with van der Waals surface area (Å²) in [6.07, 6.45) is 3.28. The molecule has 1 N–H and O–H groups in total. The zero-order valence-electron chi connectivity index (χ0n) is 15.0. The molecule has 0 saturated carbocycles. The van der Waals surface area contributed by atoms with Crippen molar-refractivity contribution in [2.45, 2.75) is 25.7 Å². The summed E-state index contributed by atoms with van der Waals surface area (Å²) in [5.74, 6) is 1.30. The average Bonchev–Trinajstić information content (AvgIpc) is 3.19. The van der Waals surface area contributed by atoms with Crippen molar-refractivity contribution in [3.8, 4) is 11.4 Å². The number of benzene rings is 1. The summed E-state index contributed by atoms with van der Waals surface area (Å²) in [6, 6.07) is 9.86. The van der Waals surface area contributed by atoms with Gasteiger partial charge in [-0.3, -0.25) is 14.9 Å². The van der Waals surface area contributed by atoms with Crippen molar-refractivity contribution in [3.05, 3.63) is 65.5 Å². The Morgan fingerprint density at radius 3 is 2.63 bits per heavy atom. The van der Waals surface area contributed by atoms with Crippen molar-refractivity contribution in [1.29, 1.82) is 0 Å². The van der Waals surface area contributed by atoms with Crippen LogP contribution in [0.2, 0.25) is 0 Å². The molecule has 1 amide bonds. The van der Waals surface area contributed by atoms with Gasteiger partial charge in [0.1, 0.15) is 17.3 Å². The minimum Gasteiger partial charge on any atom is -0.337 e. The van der Waals surface area contributed by atoms with Crippen molar-refractivity contribution < 1.29 is 9.18 Å². The fourth-order valence-electron chi connectivity index (χ4n) is 3.40. The molecular weight excluding hydrogens is 345 g/mol. The number of aryl methyl sites for hydroxylation is 1. The van der Waals surface area contributed by atoms with E-state index < -0.39 is 0 Å². The highest BCUT2D eigenvalue weighted by atomic mass is 19.1. The fraction of sp³-hybridized carbons (Fsp3) is 0.300. The zero-order chi connectivity index (χ0) is 18.8. The molecule has 0 atom stereocenters. The molecule has 0 unspecified atom stereocenters. The number of amides is 1. The van der Waals surface area contributed by atoms with E-state index in [1.54, 1.807) is 18.3 Å². The second kappa shape index (κ2) is 7.26. The molecule has 0 radical (unpaired) electrons. The van der Waals surface area contributed by atoms with E-state index in [1.807, 2.05) is 24.0 Å². The van der Waals surface area contributed by atoms with Crippen LogP contribution in [0.4, 0.5) is 4.39 Å². The Hall–Kier alpha value is -3.09. The number of aromatic nitrogens is 4. The first-order valence-electron chi connectivity index (χ1n) is 9.01. The highest BCUT2D eigenvalue weighted by molar-refractivity contribution is 5.93. The van der Waals surface area contributed by atoms with Crippen LogP contribution < -0.4 is 0 Å². The van der Waals surface area contributed by atoms with Gasteiger partial charge in [-0.15, -0.1) is 0 Å². The maximum Gasteiger partial charge on any atom is 0.272 e. The van der Waals surface area contributed by atoms with Gasteiger partial charge in [0.05, 0.1) is 0 Å². The highest BCUT2D eigenvalue weighted by Crippen LogP contribution is 2.28. The normalized spacial score (nSPS) is 15.1. The van der Waals surface area contributed by atoms with Gasteiger partial charge in [0.2, 0.25) is 0 Å². The Kier molecular flexibility index (Phi) is 4.66. The van der Waals surface area contributed by atoms with E-state index in [4.69, 9.17) is 0 Å². The van der Waals surface area contributed by atoms with Crippen LogP contribution in [0.25, 0.3) is 11.4 Å². The molecule has 27 heavy (non-hydrogen) atoms. The fourth-order valence-corrected chi connectivity index (χ4v) is 3.40. The lowest BCUT2D eigenvalue weighted by Crippen LogP contribution is -2.38. The number of halogens is 1. The number of nitrogens with one attached hydrogen (secondary N) is 1. The first-order chi connectivity index (χ1) is 13.1. The van der Waals surface area contributed by atoms with Crippen LogP contribution in [0, 0.1) is 12.7 Å². The lowest BCUT2D eigenvalue weighted by atomic mass is 9.95. The number of H-pyrrole nitrogens is 1. The molecular formula is C20H20FN5O. The Balaban J connectivity index is 1.42. The standard InChI is InChI=1S/C20H20FN5O/c1-13-3-2-10-22-17(13)20(27)26-11-8-15(9-12-26)19-23-18(24-25-19)14-4-6-16(21)7-5-14/h2-7,10,15H,8-9,11-12H2,1H3,(H,23,24,25). The van der Waals surface area contributed by atoms with Crippen molar-refractivity contribution in [2.24, 2.45) is 0 Å². The van der Waals surface area contributed by atoms with E-state index in [2.05, 4.69) is 20.2 Å². The number of nitrogens with zero attached hydrogens (tertiary/aromatic N) is 4. The molecule has 0 bridgehead atoms. The topological polar surface area (TPSA) is 74.8 Å². The average molecular weight is 365 g/mol. The van der Waals surface area contributed by atoms with Crippen molar-refractivity contribution in [3.63, 3.8) is 0 Å². The molecule has 3 heterocycles. The highest BCUT2D eigenvalue weighted by Gasteiger charge is 2.27. The van der Waals surface area contributed by atoms with Crippen LogP contribution in [-0.4, -0.2) is 44.1 Å². The molecule has 138 valence electrons. The summed E-state index contributed by atoms with van der Waals surface area (Å²) in [7, 11) is 0. The van der Waals surface area contributed by atoms with Gasteiger partial charge in [-0.2, -0.15) is 5.10 Å². The van der Waals surface area contributed by atoms with E-state index in [1.165, 1.54) is 12.1 Å². The molecule has 0 spiro atoms. The number of hydrogen-bond acceptors (Lipinski definition) is 4. The maximum absolute atomic E-state index is 13.1. The molecule has 3 aromatic rings. The predicted octanol–water partition coefficient (Wildman–Crippen LogP) is 3.33. The number of aromatic amines is 1. The number of rotatable bonds is 3. The van der Waals surface area contributed by atoms with Crippen molar-refractivity contribution in [1.82, 2.24) is 25.1 Å². The molecule has 1 fully saturated rings. The van der Waals surface area contributed by atoms with Gasteiger partial charge in [0.15, 0.2) is 5.82 Å². The molecule has 1 aliphatic rings. The van der Waals surface area contributed by atoms with Gasteiger partial charge in [0, 0.05) is 30.8 Å². The summed E-state index contributed by atoms with van der Waals surface area (Å²) < 4.78 is 13.1. The largest absolute Gasteiger partial charge is 0.337 e. The summed E-state index contributed by atoms with van der Waals surface area (Å²) >= 11 is 0. The molecule has 1 aliphatic heterocycles. The van der Waals surface area contributed by atoms with Crippen molar-refractivity contribution in [2.75, 3.05) is 13.1 Å². The van der Waals surface area contributed by atoms with E-state index in [9.17, 15) is 9.18 Å². The summed E-state index contributed by atoms with van der Waals surface area (Å²) in [5, 5.41) is 7.26. The van der Waals surface area contributed by atoms with Crippen LogP contribution in [0.5, 0.6) is 0 Å². The molecule has 1 saturated heterocycles. The minimum absolute atomic E-state index is 0.0175. The number of pyridine rings is 1. The Morgan fingerprint density at radius 2 is 1.93 bits per heavy atom. The Bertz CT molecular complexity index is 945. The maximum atomic E-state index is 13.1. The third-order valence-corrected chi connectivity index (χ3v) is 4.99. The Labute approximate surface area is 156 Å². The van der Waals surface area contributed by atoms with Crippen LogP contribution >= 0.6 is 0 Å². The second-order valence-electron chi connectivity index (χ2n) is 6.79. The van der Waals surface area contributed by atoms with Crippen LogP contribution in [-0.2, 0) is 0 Å². The number of carbonyl (C=O) groups is 1. The number of likely N-dealkylation sites (tertiary alicyclic amines) is 1. The predicted molar refractivity (Wildman–Crippen MR) is 98.6 cm³/mol. The molecule has 6 nitrogen and oxygen atoms in total. The molecule has 7 heteroatoms. The third-order valence-electron chi connectivity index (χ3n) is 4.99. The first-order valence-corrected chi connectivity index (χ1v) is 9.01. The first kappa shape index (κ1) is 17.3. The third kappa shape index (κ3) is 3.58. The lowest BCUT2D eigenvalue weighted by Gasteiger charge is -2.31. The quantitative estimate of drug-likeness (QED) is 0.772. The second-order valence-corrected chi connectivity index (χ2v) is 6.79. The minimum atomic E-state index is -0.283. The van der Waals surface area contributed by atoms with Gasteiger partial charge in [-0.05, 0) is 55.7 Å². The SMILES string of the molecule is Cc1cccnc1C(=O)N1CCC(c2nc(-c3ccc(F)cc3)n[nH]2)CC1. The molecule has 2 aromatic heterocycles. The molecule has 4 rings (SSSR count). The summed E-state index contributed by atoms with van der Waals surface area (Å²) in [4.78, 5) is 23.3. The van der Waals surface area contributed by atoms with Gasteiger partial charge < -0.3 is 4.90 Å². The van der Waals surface area contributed by atoms with Gasteiger partial charge >= 0.3 is 0 Å². The Morgan fingerprint density at radius 1 is 1.19 bits per heavy atom. The van der Waals surface area contributed by atoms with Crippen LogP contribution in [0.1, 0.15) is 40.6 Å². The lowest BCUT2D eigenvalue weighted by molar-refractivity contribution is 0.0704. The van der Waals surface area contributed by atoms with Gasteiger partial charge in [0.25, 0.3) is 5.91 Å². The van der Waals surface area contributed by atoms with Crippen LogP contribution in [0.3, 0.4) is 0 Å². The van der Waals surface area contributed by atoms with E-state index >= 15 is 0 Å². The van der Waals surface area contributed by atoms with E-state index in [-0.39, 0.29) is 17.6 Å². The monoisotopic (exact) mass is 365 g/mol. The smallest absolute Gasteiger partial charge is 0.272 e.